The van der Waals surface area contributed by atoms with Crippen LogP contribution in [0, 0.1) is 6.92 Å². The molecule has 2 aromatic heterocycles. The Kier molecular flexibility index (Phi) is 3.55. The van der Waals surface area contributed by atoms with Crippen molar-refractivity contribution in [3.63, 3.8) is 0 Å². The van der Waals surface area contributed by atoms with Gasteiger partial charge in [-0.1, -0.05) is 17.2 Å². The Morgan fingerprint density at radius 1 is 1.35 bits per heavy atom. The van der Waals surface area contributed by atoms with Gasteiger partial charge in [0.2, 0.25) is 5.88 Å². The van der Waals surface area contributed by atoms with E-state index in [1.165, 1.54) is 0 Å². The molecule has 0 saturated carbocycles. The minimum Gasteiger partial charge on any atom is -0.493 e. The largest absolute Gasteiger partial charge is 0.493 e. The zero-order valence-corrected chi connectivity index (χ0v) is 11.9. The highest BCUT2D eigenvalue weighted by molar-refractivity contribution is 5.83. The SMILES string of the molecule is Cc1cccc(-n2c(O)c(/C=N/c3nn[nH]n3)c(=O)[nH]c2=O)c1. The van der Waals surface area contributed by atoms with E-state index in [2.05, 4.69) is 30.6 Å². The van der Waals surface area contributed by atoms with Crippen LogP contribution in [0.5, 0.6) is 5.88 Å². The monoisotopic (exact) mass is 313 g/mol. The number of hydrogen-bond donors (Lipinski definition) is 3. The standard InChI is InChI=1S/C13H11N7O3/c1-7-3-2-4-8(5-7)20-11(22)9(10(21)15-13(20)23)6-14-12-16-18-19-17-12/h2-6,22H,1H3,(H,15,21,23)(H,16,17,18,19)/b14-6+. The number of aliphatic imine (C=N–C) groups is 1. The lowest BCUT2D eigenvalue weighted by molar-refractivity contribution is 0.430. The summed E-state index contributed by atoms with van der Waals surface area (Å²) in [6.45, 7) is 1.84. The van der Waals surface area contributed by atoms with Crippen molar-refractivity contribution < 1.29 is 5.11 Å². The first-order valence-corrected chi connectivity index (χ1v) is 6.49. The van der Waals surface area contributed by atoms with Gasteiger partial charge in [0.1, 0.15) is 5.56 Å². The molecule has 10 nitrogen and oxygen atoms in total. The van der Waals surface area contributed by atoms with Crippen LogP contribution in [0.1, 0.15) is 11.1 Å². The van der Waals surface area contributed by atoms with Gasteiger partial charge in [-0.2, -0.15) is 5.21 Å². The summed E-state index contributed by atoms with van der Waals surface area (Å²) in [7, 11) is 0. The van der Waals surface area contributed by atoms with Crippen molar-refractivity contribution in [1.82, 2.24) is 30.2 Å². The molecule has 116 valence electrons. The van der Waals surface area contributed by atoms with Crippen molar-refractivity contribution in [2.45, 2.75) is 6.92 Å². The van der Waals surface area contributed by atoms with Crippen LogP contribution in [0.2, 0.25) is 0 Å². The fraction of sp³-hybridized carbons (Fsp3) is 0.0769. The Bertz CT molecular complexity index is 986. The van der Waals surface area contributed by atoms with Crippen LogP contribution in [0.3, 0.4) is 0 Å². The molecule has 0 bridgehead atoms. The molecule has 0 radical (unpaired) electrons. The number of benzene rings is 1. The molecule has 0 spiro atoms. The molecular weight excluding hydrogens is 302 g/mol. The van der Waals surface area contributed by atoms with Crippen molar-refractivity contribution in [2.75, 3.05) is 0 Å². The van der Waals surface area contributed by atoms with Crippen LogP contribution >= 0.6 is 0 Å². The lowest BCUT2D eigenvalue weighted by Gasteiger charge is -2.09. The van der Waals surface area contributed by atoms with E-state index >= 15 is 0 Å². The maximum Gasteiger partial charge on any atom is 0.335 e. The Morgan fingerprint density at radius 2 is 2.17 bits per heavy atom. The van der Waals surface area contributed by atoms with Crippen molar-refractivity contribution in [3.05, 3.63) is 56.2 Å². The van der Waals surface area contributed by atoms with Crippen LogP contribution in [-0.2, 0) is 0 Å². The van der Waals surface area contributed by atoms with Gasteiger partial charge >= 0.3 is 5.69 Å². The molecule has 3 N–H and O–H groups in total. The van der Waals surface area contributed by atoms with E-state index in [1.807, 2.05) is 13.0 Å². The summed E-state index contributed by atoms with van der Waals surface area (Å²) >= 11 is 0. The lowest BCUT2D eigenvalue weighted by atomic mass is 10.2. The topological polar surface area (TPSA) is 142 Å². The number of nitrogens with one attached hydrogen (secondary N) is 2. The minimum absolute atomic E-state index is 0.0166. The van der Waals surface area contributed by atoms with Gasteiger partial charge in [-0.25, -0.2) is 14.4 Å². The lowest BCUT2D eigenvalue weighted by Crippen LogP contribution is -2.31. The second kappa shape index (κ2) is 5.67. The van der Waals surface area contributed by atoms with Gasteiger partial charge in [0.25, 0.3) is 11.5 Å². The first-order valence-electron chi connectivity index (χ1n) is 6.49. The molecule has 23 heavy (non-hydrogen) atoms. The van der Waals surface area contributed by atoms with Gasteiger partial charge in [0, 0.05) is 6.21 Å². The molecule has 0 fully saturated rings. The molecule has 1 aromatic carbocycles. The molecule has 0 amide bonds. The number of nitrogens with zero attached hydrogens (tertiary/aromatic N) is 5. The van der Waals surface area contributed by atoms with Gasteiger partial charge in [-0.15, -0.1) is 5.10 Å². The van der Waals surface area contributed by atoms with E-state index < -0.39 is 17.1 Å². The van der Waals surface area contributed by atoms with E-state index in [1.54, 1.807) is 18.2 Å². The highest BCUT2D eigenvalue weighted by atomic mass is 16.3. The van der Waals surface area contributed by atoms with E-state index in [0.717, 1.165) is 16.3 Å². The van der Waals surface area contributed by atoms with Gasteiger partial charge in [-0.3, -0.25) is 9.78 Å². The van der Waals surface area contributed by atoms with Crippen molar-refractivity contribution >= 4 is 12.2 Å². The normalized spacial score (nSPS) is 11.2. The number of tetrazole rings is 1. The second-order valence-corrected chi connectivity index (χ2v) is 4.64. The fourth-order valence-corrected chi connectivity index (χ4v) is 1.99. The maximum absolute atomic E-state index is 12.0. The molecule has 0 atom stereocenters. The molecule has 0 saturated heterocycles. The van der Waals surface area contributed by atoms with Gasteiger partial charge in [0.05, 0.1) is 5.69 Å². The molecule has 3 rings (SSSR count). The molecule has 2 heterocycles. The third-order valence-electron chi connectivity index (χ3n) is 3.02. The van der Waals surface area contributed by atoms with Crippen LogP contribution in [0.15, 0.2) is 38.8 Å². The Morgan fingerprint density at radius 3 is 2.87 bits per heavy atom. The molecule has 0 aliphatic carbocycles. The zero-order chi connectivity index (χ0) is 16.4. The van der Waals surface area contributed by atoms with Crippen molar-refractivity contribution in [3.8, 4) is 11.6 Å². The maximum atomic E-state index is 12.0. The van der Waals surface area contributed by atoms with E-state index in [-0.39, 0.29) is 11.5 Å². The number of aromatic nitrogens is 6. The van der Waals surface area contributed by atoms with Crippen LogP contribution < -0.4 is 11.2 Å². The van der Waals surface area contributed by atoms with Crippen molar-refractivity contribution in [1.29, 1.82) is 0 Å². The fourth-order valence-electron chi connectivity index (χ4n) is 1.99. The van der Waals surface area contributed by atoms with E-state index in [0.29, 0.717) is 5.69 Å². The smallest absolute Gasteiger partial charge is 0.335 e. The average molecular weight is 313 g/mol. The summed E-state index contributed by atoms with van der Waals surface area (Å²) < 4.78 is 0.978. The predicted molar refractivity (Wildman–Crippen MR) is 80.5 cm³/mol. The van der Waals surface area contributed by atoms with E-state index in [4.69, 9.17) is 0 Å². The van der Waals surface area contributed by atoms with Crippen LogP contribution in [0.4, 0.5) is 5.95 Å². The van der Waals surface area contributed by atoms with Gasteiger partial charge < -0.3 is 5.11 Å². The van der Waals surface area contributed by atoms with Gasteiger partial charge in [0.15, 0.2) is 0 Å². The molecular formula is C13H11N7O3. The first kappa shape index (κ1) is 14.4. The van der Waals surface area contributed by atoms with E-state index in [9.17, 15) is 14.7 Å². The highest BCUT2D eigenvalue weighted by Crippen LogP contribution is 2.16. The molecule has 0 unspecified atom stereocenters. The van der Waals surface area contributed by atoms with Crippen molar-refractivity contribution in [2.24, 2.45) is 4.99 Å². The molecule has 3 aromatic rings. The number of rotatable bonds is 3. The third-order valence-corrected chi connectivity index (χ3v) is 3.02. The number of H-pyrrole nitrogens is 2. The highest BCUT2D eigenvalue weighted by Gasteiger charge is 2.14. The second-order valence-electron chi connectivity index (χ2n) is 4.64. The predicted octanol–water partition coefficient (Wildman–Crippen LogP) is -0.196. The number of aryl methyl sites for hydroxylation is 1. The quantitative estimate of drug-likeness (QED) is 0.572. The Balaban J connectivity index is 2.17. The summed E-state index contributed by atoms with van der Waals surface area (Å²) in [5, 5.41) is 23.0. The van der Waals surface area contributed by atoms with Crippen LogP contribution in [-0.4, -0.2) is 41.5 Å². The first-order chi connectivity index (χ1) is 11.1. The zero-order valence-electron chi connectivity index (χ0n) is 11.9. The summed E-state index contributed by atoms with van der Waals surface area (Å²) in [6.07, 6.45) is 1.06. The minimum atomic E-state index is -0.774. The summed E-state index contributed by atoms with van der Waals surface area (Å²) in [5.74, 6) is -0.547. The summed E-state index contributed by atoms with van der Waals surface area (Å²) in [6, 6.07) is 6.90. The Hall–Kier alpha value is -3.56. The van der Waals surface area contributed by atoms with Gasteiger partial charge in [-0.05, 0) is 29.8 Å². The third kappa shape index (κ3) is 2.77. The Labute approximate surface area is 128 Å². The molecule has 10 heteroatoms. The number of hydrogen-bond acceptors (Lipinski definition) is 7. The number of aromatic hydroxyl groups is 1. The van der Waals surface area contributed by atoms with Crippen LogP contribution in [0.25, 0.3) is 5.69 Å². The molecule has 0 aliphatic rings. The average Bonchev–Trinajstić information content (AvgIpc) is 3.00. The summed E-state index contributed by atoms with van der Waals surface area (Å²) in [4.78, 5) is 29.8. The number of aromatic amines is 2. The summed E-state index contributed by atoms with van der Waals surface area (Å²) in [5.41, 5.74) is -0.422. The molecule has 0 aliphatic heterocycles.